The Hall–Kier alpha value is -1.26. The lowest BCUT2D eigenvalue weighted by Crippen LogP contribution is -2.20. The van der Waals surface area contributed by atoms with Gasteiger partial charge in [-0.05, 0) is 30.5 Å². The number of nitrogens with one attached hydrogen (secondary N) is 1. The lowest BCUT2D eigenvalue weighted by atomic mass is 9.83. The minimum absolute atomic E-state index is 0.0534. The zero-order valence-electron chi connectivity index (χ0n) is 10.8. The van der Waals surface area contributed by atoms with Crippen LogP contribution in [0.1, 0.15) is 25.7 Å². The molecular formula is C14H19ClN2O2. The van der Waals surface area contributed by atoms with Crippen LogP contribution in [0.2, 0.25) is 5.02 Å². The molecule has 0 atom stereocenters. The van der Waals surface area contributed by atoms with Crippen LogP contribution < -0.4 is 11.1 Å². The lowest BCUT2D eigenvalue weighted by Gasteiger charge is -2.24. The summed E-state index contributed by atoms with van der Waals surface area (Å²) < 4.78 is 5.36. The third kappa shape index (κ3) is 4.40. The summed E-state index contributed by atoms with van der Waals surface area (Å²) >= 11 is 5.96. The first-order chi connectivity index (χ1) is 9.15. The van der Waals surface area contributed by atoms with Gasteiger partial charge in [-0.2, -0.15) is 0 Å². The van der Waals surface area contributed by atoms with Gasteiger partial charge in [0.2, 0.25) is 5.91 Å². The minimum atomic E-state index is -0.207. The van der Waals surface area contributed by atoms with Crippen LogP contribution >= 0.6 is 11.6 Å². The van der Waals surface area contributed by atoms with Crippen LogP contribution in [0.25, 0.3) is 0 Å². The first-order valence-electron chi connectivity index (χ1n) is 6.58. The van der Waals surface area contributed by atoms with Crippen molar-refractivity contribution in [1.82, 2.24) is 0 Å². The Labute approximate surface area is 118 Å². The molecule has 1 aliphatic rings. The van der Waals surface area contributed by atoms with Crippen LogP contribution in [0.5, 0.6) is 0 Å². The highest BCUT2D eigenvalue weighted by Gasteiger charge is 2.16. The topological polar surface area (TPSA) is 64.3 Å². The van der Waals surface area contributed by atoms with Crippen molar-refractivity contribution in [3.8, 4) is 0 Å². The third-order valence-electron chi connectivity index (χ3n) is 3.39. The van der Waals surface area contributed by atoms with Gasteiger partial charge in [0.1, 0.15) is 6.61 Å². The molecule has 0 aliphatic heterocycles. The summed E-state index contributed by atoms with van der Waals surface area (Å²) in [6, 6.07) is 4.98. The summed E-state index contributed by atoms with van der Waals surface area (Å²) in [6.07, 6.45) is 4.98. The Morgan fingerprint density at radius 2 is 2.26 bits per heavy atom. The molecule has 1 amide bonds. The first-order valence-corrected chi connectivity index (χ1v) is 6.95. The van der Waals surface area contributed by atoms with Gasteiger partial charge in [-0.1, -0.05) is 30.9 Å². The molecule has 0 radical (unpaired) electrons. The number of hydrogen-bond acceptors (Lipinski definition) is 3. The Bertz CT molecular complexity index is 447. The van der Waals surface area contributed by atoms with Crippen molar-refractivity contribution in [2.75, 3.05) is 24.3 Å². The maximum atomic E-state index is 11.7. The molecule has 1 fully saturated rings. The van der Waals surface area contributed by atoms with Crippen molar-refractivity contribution in [2.24, 2.45) is 5.92 Å². The number of carbonyl (C=O) groups excluding carboxylic acids is 1. The van der Waals surface area contributed by atoms with Crippen molar-refractivity contribution in [3.05, 3.63) is 23.2 Å². The zero-order valence-corrected chi connectivity index (χ0v) is 11.6. The molecule has 104 valence electrons. The molecule has 1 saturated carbocycles. The Morgan fingerprint density at radius 1 is 1.47 bits per heavy atom. The predicted octanol–water partition coefficient (Wildman–Crippen LogP) is 3.07. The summed E-state index contributed by atoms with van der Waals surface area (Å²) in [4.78, 5) is 11.7. The van der Waals surface area contributed by atoms with Crippen LogP contribution in [-0.4, -0.2) is 19.1 Å². The van der Waals surface area contributed by atoms with Crippen LogP contribution in [0, 0.1) is 5.92 Å². The van der Waals surface area contributed by atoms with Crippen molar-refractivity contribution < 1.29 is 9.53 Å². The number of hydrogen-bond donors (Lipinski definition) is 2. The Balaban J connectivity index is 1.69. The molecule has 0 aromatic heterocycles. The molecule has 1 aromatic rings. The maximum Gasteiger partial charge on any atom is 0.250 e. The largest absolute Gasteiger partial charge is 0.399 e. The number of nitrogens with two attached hydrogens (primary N) is 1. The van der Waals surface area contributed by atoms with Crippen molar-refractivity contribution in [2.45, 2.75) is 25.7 Å². The van der Waals surface area contributed by atoms with E-state index in [1.807, 2.05) is 0 Å². The number of amides is 1. The lowest BCUT2D eigenvalue weighted by molar-refractivity contribution is -0.120. The second kappa shape index (κ2) is 6.78. The summed E-state index contributed by atoms with van der Waals surface area (Å²) in [6.45, 7) is 0.695. The van der Waals surface area contributed by atoms with Gasteiger partial charge < -0.3 is 15.8 Å². The van der Waals surface area contributed by atoms with Gasteiger partial charge in [0.05, 0.1) is 10.7 Å². The molecule has 4 nitrogen and oxygen atoms in total. The van der Waals surface area contributed by atoms with E-state index in [0.717, 1.165) is 12.3 Å². The fraction of sp³-hybridized carbons (Fsp3) is 0.500. The molecule has 0 bridgehead atoms. The van der Waals surface area contributed by atoms with E-state index in [9.17, 15) is 4.79 Å². The maximum absolute atomic E-state index is 11.7. The number of benzene rings is 1. The van der Waals surface area contributed by atoms with E-state index in [-0.39, 0.29) is 12.5 Å². The van der Waals surface area contributed by atoms with Crippen molar-refractivity contribution in [1.29, 1.82) is 0 Å². The molecule has 19 heavy (non-hydrogen) atoms. The van der Waals surface area contributed by atoms with Crippen LogP contribution in [0.15, 0.2) is 18.2 Å². The number of rotatable bonds is 6. The van der Waals surface area contributed by atoms with E-state index in [0.29, 0.717) is 23.0 Å². The zero-order chi connectivity index (χ0) is 13.7. The molecular weight excluding hydrogens is 264 g/mol. The SMILES string of the molecule is Nc1ccc(Cl)c(NC(=O)COCCC2CCC2)c1. The van der Waals surface area contributed by atoms with Gasteiger partial charge in [-0.3, -0.25) is 4.79 Å². The second-order valence-corrected chi connectivity index (χ2v) is 5.33. The van der Waals surface area contributed by atoms with Gasteiger partial charge in [0.15, 0.2) is 0 Å². The first kappa shape index (κ1) is 14.2. The molecule has 0 heterocycles. The van der Waals surface area contributed by atoms with Gasteiger partial charge in [0.25, 0.3) is 0 Å². The molecule has 3 N–H and O–H groups in total. The Kier molecular flexibility index (Phi) is 5.05. The summed E-state index contributed by atoms with van der Waals surface area (Å²) in [7, 11) is 0. The quantitative estimate of drug-likeness (QED) is 0.622. The second-order valence-electron chi connectivity index (χ2n) is 4.93. The smallest absolute Gasteiger partial charge is 0.250 e. The van der Waals surface area contributed by atoms with E-state index in [4.69, 9.17) is 22.1 Å². The van der Waals surface area contributed by atoms with E-state index in [1.54, 1.807) is 18.2 Å². The average molecular weight is 283 g/mol. The number of carbonyl (C=O) groups is 1. The number of ether oxygens (including phenoxy) is 1. The normalized spacial score (nSPS) is 15.0. The fourth-order valence-corrected chi connectivity index (χ4v) is 2.19. The van der Waals surface area contributed by atoms with E-state index in [1.165, 1.54) is 19.3 Å². The molecule has 5 heteroatoms. The summed E-state index contributed by atoms with van der Waals surface area (Å²) in [5.41, 5.74) is 6.72. The van der Waals surface area contributed by atoms with E-state index < -0.39 is 0 Å². The molecule has 0 unspecified atom stereocenters. The van der Waals surface area contributed by atoms with E-state index in [2.05, 4.69) is 5.32 Å². The van der Waals surface area contributed by atoms with E-state index >= 15 is 0 Å². The minimum Gasteiger partial charge on any atom is -0.399 e. The molecule has 0 spiro atoms. The third-order valence-corrected chi connectivity index (χ3v) is 3.72. The Morgan fingerprint density at radius 3 is 2.95 bits per heavy atom. The van der Waals surface area contributed by atoms with Crippen LogP contribution in [0.4, 0.5) is 11.4 Å². The fourth-order valence-electron chi connectivity index (χ4n) is 2.02. The highest BCUT2D eigenvalue weighted by molar-refractivity contribution is 6.33. The van der Waals surface area contributed by atoms with Gasteiger partial charge >= 0.3 is 0 Å². The standard InChI is InChI=1S/C14H19ClN2O2/c15-12-5-4-11(16)8-13(12)17-14(18)9-19-7-6-10-2-1-3-10/h4-5,8,10H,1-3,6-7,9,16H2,(H,17,18). The average Bonchev–Trinajstić information content (AvgIpc) is 2.31. The van der Waals surface area contributed by atoms with Crippen LogP contribution in [-0.2, 0) is 9.53 Å². The molecule has 0 saturated heterocycles. The molecule has 2 rings (SSSR count). The summed E-state index contributed by atoms with van der Waals surface area (Å²) in [5, 5.41) is 3.16. The summed E-state index contributed by atoms with van der Waals surface area (Å²) in [5.74, 6) is 0.590. The van der Waals surface area contributed by atoms with Gasteiger partial charge in [-0.15, -0.1) is 0 Å². The predicted molar refractivity (Wildman–Crippen MR) is 77.3 cm³/mol. The number of halogens is 1. The van der Waals surface area contributed by atoms with Gasteiger partial charge in [-0.25, -0.2) is 0 Å². The van der Waals surface area contributed by atoms with Crippen molar-refractivity contribution in [3.63, 3.8) is 0 Å². The van der Waals surface area contributed by atoms with Crippen molar-refractivity contribution >= 4 is 28.9 Å². The molecule has 1 aliphatic carbocycles. The van der Waals surface area contributed by atoms with Crippen LogP contribution in [0.3, 0.4) is 0 Å². The number of nitrogen functional groups attached to an aromatic ring is 1. The molecule has 1 aromatic carbocycles. The number of anilines is 2. The highest BCUT2D eigenvalue weighted by atomic mass is 35.5. The monoisotopic (exact) mass is 282 g/mol. The highest BCUT2D eigenvalue weighted by Crippen LogP contribution is 2.29. The van der Waals surface area contributed by atoms with Gasteiger partial charge in [0, 0.05) is 12.3 Å².